The first kappa shape index (κ1) is 14.0. The van der Waals surface area contributed by atoms with Crippen LogP contribution in [0.2, 0.25) is 0 Å². The zero-order valence-corrected chi connectivity index (χ0v) is 12.8. The number of hydrogen-bond acceptors (Lipinski definition) is 3. The van der Waals surface area contributed by atoms with Gasteiger partial charge in [-0.15, -0.1) is 0 Å². The number of aryl methyl sites for hydroxylation is 1. The minimum atomic E-state index is 1.09. The Kier molecular flexibility index (Phi) is 5.66. The first-order valence-electron chi connectivity index (χ1n) is 6.76. The monoisotopic (exact) mass is 314 g/mol. The van der Waals surface area contributed by atoms with Gasteiger partial charge in [0.1, 0.15) is 0 Å². The van der Waals surface area contributed by atoms with E-state index in [1.165, 1.54) is 44.7 Å². The Labute approximate surface area is 118 Å². The Bertz CT molecular complexity index is 353. The molecule has 1 aliphatic heterocycles. The van der Waals surface area contributed by atoms with Gasteiger partial charge in [-0.25, -0.2) is 0 Å². The zero-order chi connectivity index (χ0) is 12.8. The summed E-state index contributed by atoms with van der Waals surface area (Å²) >= 11 is 3.52. The van der Waals surface area contributed by atoms with E-state index >= 15 is 0 Å². The SMILES string of the molecule is Cn1cc(CCN2CCCN(CCBr)CC2)cn1. The van der Waals surface area contributed by atoms with Crippen molar-refractivity contribution in [2.45, 2.75) is 12.8 Å². The van der Waals surface area contributed by atoms with Crippen LogP contribution in [0.15, 0.2) is 12.4 Å². The summed E-state index contributed by atoms with van der Waals surface area (Å²) in [5.74, 6) is 0. The fraction of sp³-hybridized carbons (Fsp3) is 0.769. The third-order valence-corrected chi connectivity index (χ3v) is 3.91. The zero-order valence-electron chi connectivity index (χ0n) is 11.2. The van der Waals surface area contributed by atoms with Crippen molar-refractivity contribution in [1.29, 1.82) is 0 Å². The normalized spacial score (nSPS) is 19.0. The second-order valence-electron chi connectivity index (χ2n) is 5.00. The largest absolute Gasteiger partial charge is 0.302 e. The van der Waals surface area contributed by atoms with E-state index in [0.29, 0.717) is 0 Å². The van der Waals surface area contributed by atoms with Crippen molar-refractivity contribution in [2.24, 2.45) is 7.05 Å². The molecule has 0 bridgehead atoms. The summed E-state index contributed by atoms with van der Waals surface area (Å²) in [7, 11) is 1.98. The fourth-order valence-corrected chi connectivity index (χ4v) is 2.98. The van der Waals surface area contributed by atoms with Crippen molar-refractivity contribution >= 4 is 15.9 Å². The number of nitrogens with zero attached hydrogens (tertiary/aromatic N) is 4. The van der Waals surface area contributed by atoms with Crippen molar-refractivity contribution in [2.75, 3.05) is 44.6 Å². The first-order valence-corrected chi connectivity index (χ1v) is 7.88. The standard InChI is InChI=1S/C13H23BrN4/c1-16-12-13(11-15-16)3-7-17-5-2-6-18(8-4-14)10-9-17/h11-12H,2-10H2,1H3. The predicted molar refractivity (Wildman–Crippen MR) is 78.2 cm³/mol. The van der Waals surface area contributed by atoms with Gasteiger partial charge in [-0.3, -0.25) is 4.68 Å². The Morgan fingerprint density at radius 3 is 2.50 bits per heavy atom. The van der Waals surface area contributed by atoms with E-state index in [1.54, 1.807) is 0 Å². The van der Waals surface area contributed by atoms with Crippen molar-refractivity contribution in [1.82, 2.24) is 19.6 Å². The van der Waals surface area contributed by atoms with Gasteiger partial charge < -0.3 is 9.80 Å². The predicted octanol–water partition coefficient (Wildman–Crippen LogP) is 1.37. The van der Waals surface area contributed by atoms with Crippen molar-refractivity contribution in [3.8, 4) is 0 Å². The van der Waals surface area contributed by atoms with Gasteiger partial charge in [0.15, 0.2) is 0 Å². The molecule has 2 rings (SSSR count). The lowest BCUT2D eigenvalue weighted by Gasteiger charge is -2.20. The summed E-state index contributed by atoms with van der Waals surface area (Å²) in [6, 6.07) is 0. The van der Waals surface area contributed by atoms with Crippen LogP contribution in [0.3, 0.4) is 0 Å². The molecule has 0 N–H and O–H groups in total. The molecule has 0 radical (unpaired) electrons. The van der Waals surface area contributed by atoms with Crippen LogP contribution in [-0.4, -0.2) is 64.2 Å². The molecule has 0 saturated carbocycles. The molecule has 5 heteroatoms. The second kappa shape index (κ2) is 7.26. The summed E-state index contributed by atoms with van der Waals surface area (Å²) in [6.07, 6.45) is 6.51. The molecule has 1 aromatic rings. The molecule has 0 aliphatic carbocycles. The minimum Gasteiger partial charge on any atom is -0.302 e. The maximum atomic E-state index is 4.22. The van der Waals surface area contributed by atoms with Crippen LogP contribution in [-0.2, 0) is 13.5 Å². The Balaban J connectivity index is 1.73. The summed E-state index contributed by atoms with van der Waals surface area (Å²) in [4.78, 5) is 5.14. The summed E-state index contributed by atoms with van der Waals surface area (Å²) in [5, 5.41) is 5.31. The van der Waals surface area contributed by atoms with E-state index in [-0.39, 0.29) is 0 Å². The molecule has 0 atom stereocenters. The van der Waals surface area contributed by atoms with E-state index in [2.05, 4.69) is 37.0 Å². The van der Waals surface area contributed by atoms with Gasteiger partial charge in [0.05, 0.1) is 6.20 Å². The molecule has 0 unspecified atom stereocenters. The molecule has 1 aromatic heterocycles. The molecule has 0 aromatic carbocycles. The van der Waals surface area contributed by atoms with Crippen LogP contribution in [0.25, 0.3) is 0 Å². The molecule has 18 heavy (non-hydrogen) atoms. The lowest BCUT2D eigenvalue weighted by molar-refractivity contribution is 0.266. The van der Waals surface area contributed by atoms with Gasteiger partial charge in [-0.1, -0.05) is 15.9 Å². The van der Waals surface area contributed by atoms with Crippen molar-refractivity contribution < 1.29 is 0 Å². The smallest absolute Gasteiger partial charge is 0.0522 e. The third-order valence-electron chi connectivity index (χ3n) is 3.56. The lowest BCUT2D eigenvalue weighted by Crippen LogP contribution is -2.32. The average molecular weight is 315 g/mol. The van der Waals surface area contributed by atoms with Crippen molar-refractivity contribution in [3.63, 3.8) is 0 Å². The lowest BCUT2D eigenvalue weighted by atomic mass is 10.2. The van der Waals surface area contributed by atoms with E-state index in [4.69, 9.17) is 0 Å². The second-order valence-corrected chi connectivity index (χ2v) is 5.79. The van der Waals surface area contributed by atoms with E-state index in [1.807, 2.05) is 17.9 Å². The van der Waals surface area contributed by atoms with Gasteiger partial charge >= 0.3 is 0 Å². The highest BCUT2D eigenvalue weighted by atomic mass is 79.9. The molecular formula is C13H23BrN4. The average Bonchev–Trinajstić information content (AvgIpc) is 2.64. The Morgan fingerprint density at radius 2 is 1.89 bits per heavy atom. The van der Waals surface area contributed by atoms with Crippen LogP contribution in [0.5, 0.6) is 0 Å². The first-order chi connectivity index (χ1) is 8.78. The van der Waals surface area contributed by atoms with Crippen LogP contribution in [0.4, 0.5) is 0 Å². The number of hydrogen-bond donors (Lipinski definition) is 0. The van der Waals surface area contributed by atoms with Crippen molar-refractivity contribution in [3.05, 3.63) is 18.0 Å². The van der Waals surface area contributed by atoms with E-state index < -0.39 is 0 Å². The maximum absolute atomic E-state index is 4.22. The minimum absolute atomic E-state index is 1.09. The fourth-order valence-electron chi connectivity index (χ4n) is 2.48. The van der Waals surface area contributed by atoms with E-state index in [0.717, 1.165) is 18.3 Å². The third kappa shape index (κ3) is 4.37. The number of halogens is 1. The molecule has 1 fully saturated rings. The van der Waals surface area contributed by atoms with Gasteiger partial charge in [0.25, 0.3) is 0 Å². The molecule has 1 saturated heterocycles. The summed E-state index contributed by atoms with van der Waals surface area (Å²) in [6.45, 7) is 7.23. The number of aromatic nitrogens is 2. The molecule has 0 spiro atoms. The molecule has 4 nitrogen and oxygen atoms in total. The van der Waals surface area contributed by atoms with Crippen LogP contribution in [0.1, 0.15) is 12.0 Å². The van der Waals surface area contributed by atoms with Gasteiger partial charge in [0, 0.05) is 44.8 Å². The number of alkyl halides is 1. The highest BCUT2D eigenvalue weighted by molar-refractivity contribution is 9.09. The highest BCUT2D eigenvalue weighted by Gasteiger charge is 2.14. The molecular weight excluding hydrogens is 292 g/mol. The summed E-state index contributed by atoms with van der Waals surface area (Å²) < 4.78 is 1.88. The summed E-state index contributed by atoms with van der Waals surface area (Å²) in [5.41, 5.74) is 1.35. The topological polar surface area (TPSA) is 24.3 Å². The van der Waals surface area contributed by atoms with Crippen LogP contribution < -0.4 is 0 Å². The van der Waals surface area contributed by atoms with Gasteiger partial charge in [-0.05, 0) is 31.5 Å². The number of rotatable bonds is 5. The molecule has 2 heterocycles. The molecule has 1 aliphatic rings. The van der Waals surface area contributed by atoms with Crippen LogP contribution in [0, 0.1) is 0 Å². The van der Waals surface area contributed by atoms with E-state index in [9.17, 15) is 0 Å². The van der Waals surface area contributed by atoms with Gasteiger partial charge in [0.2, 0.25) is 0 Å². The highest BCUT2D eigenvalue weighted by Crippen LogP contribution is 2.06. The van der Waals surface area contributed by atoms with Gasteiger partial charge in [-0.2, -0.15) is 5.10 Å². The Morgan fingerprint density at radius 1 is 1.17 bits per heavy atom. The quantitative estimate of drug-likeness (QED) is 0.767. The maximum Gasteiger partial charge on any atom is 0.0522 e. The molecule has 102 valence electrons. The van der Waals surface area contributed by atoms with Crippen LogP contribution >= 0.6 is 15.9 Å². The molecule has 0 amide bonds. The Hall–Kier alpha value is -0.390.